The van der Waals surface area contributed by atoms with Gasteiger partial charge in [-0.15, -0.1) is 137 Å². The van der Waals surface area contributed by atoms with Crippen molar-refractivity contribution in [3.05, 3.63) is 271 Å². The predicted molar refractivity (Wildman–Crippen MR) is 255 cm³/mol. The van der Waals surface area contributed by atoms with Gasteiger partial charge >= 0.3 is 0 Å². The van der Waals surface area contributed by atoms with Crippen LogP contribution in [0.3, 0.4) is 0 Å². The van der Waals surface area contributed by atoms with E-state index >= 15 is 0 Å². The molecule has 0 aliphatic heterocycles. The number of nitrogens with zero attached hydrogens (tertiary/aromatic N) is 4. The number of hydrogen-bond donors (Lipinski definition) is 0. The molecule has 0 atom stereocenters. The van der Waals surface area contributed by atoms with E-state index in [-0.39, 0.29) is 40.2 Å². The standard InChI is InChI=1S/C20H14N.C15H10NS.2C11H8N.2Ir/c1-2-9-18-15(6-1)11-12-19(18)16-7-5-8-17(14-16)20-10-3-4-13-21-20;1-2-8-16-15(6-1)13-5-3-4-12(10-13)14-7-9-17-11-14;2*1-2-6-10(7-3-1)11-8-4-5-9-12-11;;/h1-7,9-10,12-14H,11H2;1-4,6-11H;2*1-6,8-9H;;/q4*-1;;. The first-order valence-electron chi connectivity index (χ1n) is 20.2. The van der Waals surface area contributed by atoms with Crippen LogP contribution in [0.1, 0.15) is 16.7 Å². The molecule has 0 fully saturated rings. The molecule has 10 aromatic rings. The molecule has 1 aliphatic carbocycles. The number of thiophene rings is 1. The Morgan fingerprint density at radius 2 is 0.844 bits per heavy atom. The maximum atomic E-state index is 4.41. The summed E-state index contributed by atoms with van der Waals surface area (Å²) in [5.74, 6) is 0. The van der Waals surface area contributed by atoms with E-state index in [0.717, 1.165) is 51.5 Å². The molecule has 5 aromatic carbocycles. The van der Waals surface area contributed by atoms with Crippen LogP contribution < -0.4 is 0 Å². The van der Waals surface area contributed by atoms with Crippen LogP contribution in [-0.4, -0.2) is 19.9 Å². The Kier molecular flexibility index (Phi) is 18.3. The molecule has 0 saturated carbocycles. The topological polar surface area (TPSA) is 51.6 Å². The molecule has 0 N–H and O–H groups in total. The van der Waals surface area contributed by atoms with Crippen molar-refractivity contribution in [2.45, 2.75) is 6.42 Å². The monoisotopic (exact) mass is 1200 g/mol. The van der Waals surface area contributed by atoms with Gasteiger partial charge in [-0.25, -0.2) is 0 Å². The Bertz CT molecular complexity index is 2750. The second-order valence-corrected chi connectivity index (χ2v) is 14.7. The van der Waals surface area contributed by atoms with Gasteiger partial charge < -0.3 is 19.9 Å². The van der Waals surface area contributed by atoms with E-state index in [4.69, 9.17) is 0 Å². The fourth-order valence-electron chi connectivity index (χ4n) is 6.75. The summed E-state index contributed by atoms with van der Waals surface area (Å²) in [6.45, 7) is 0. The van der Waals surface area contributed by atoms with Gasteiger partial charge in [-0.05, 0) is 92.6 Å². The minimum atomic E-state index is 0. The zero-order valence-electron chi connectivity index (χ0n) is 34.5. The first-order chi connectivity index (χ1) is 30.8. The van der Waals surface area contributed by atoms with Crippen LogP contribution in [0.15, 0.2) is 230 Å². The van der Waals surface area contributed by atoms with Crippen LogP contribution in [0, 0.1) is 24.3 Å². The molecular formula is C57H40Ir2N4S-4. The largest absolute Gasteiger partial charge is 0.305 e. The molecule has 0 spiro atoms. The number of aromatic nitrogens is 4. The van der Waals surface area contributed by atoms with E-state index in [0.29, 0.717) is 0 Å². The molecule has 0 saturated heterocycles. The Morgan fingerprint density at radius 3 is 1.31 bits per heavy atom. The molecule has 7 heteroatoms. The second-order valence-electron chi connectivity index (χ2n) is 13.9. The summed E-state index contributed by atoms with van der Waals surface area (Å²) in [6, 6.07) is 75.2. The summed E-state index contributed by atoms with van der Waals surface area (Å²) in [5, 5.41) is 4.24. The predicted octanol–water partition coefficient (Wildman–Crippen LogP) is 13.9. The second kappa shape index (κ2) is 24.9. The molecule has 11 rings (SSSR count). The summed E-state index contributed by atoms with van der Waals surface area (Å²) >= 11 is 1.71. The maximum Gasteiger partial charge on any atom is 0.0160 e. The van der Waals surface area contributed by atoms with Crippen LogP contribution in [0.5, 0.6) is 0 Å². The summed E-state index contributed by atoms with van der Waals surface area (Å²) in [4.78, 5) is 17.2. The zero-order valence-corrected chi connectivity index (χ0v) is 40.1. The van der Waals surface area contributed by atoms with Crippen LogP contribution in [0.2, 0.25) is 0 Å². The van der Waals surface area contributed by atoms with Gasteiger partial charge in [0.2, 0.25) is 0 Å². The molecular weight excluding hydrogens is 1160 g/mol. The average molecular weight is 1200 g/mol. The Labute approximate surface area is 407 Å². The average Bonchev–Trinajstić information content (AvgIpc) is 4.08. The van der Waals surface area contributed by atoms with E-state index < -0.39 is 0 Å². The summed E-state index contributed by atoms with van der Waals surface area (Å²) in [7, 11) is 0. The van der Waals surface area contributed by atoms with Crippen LogP contribution in [0.4, 0.5) is 0 Å². The van der Waals surface area contributed by atoms with E-state index in [2.05, 4.69) is 116 Å². The molecule has 64 heavy (non-hydrogen) atoms. The van der Waals surface area contributed by atoms with Gasteiger partial charge in [0.25, 0.3) is 0 Å². The van der Waals surface area contributed by atoms with Gasteiger partial charge in [-0.3, -0.25) is 0 Å². The van der Waals surface area contributed by atoms with Crippen molar-refractivity contribution in [3.63, 3.8) is 0 Å². The van der Waals surface area contributed by atoms with Crippen molar-refractivity contribution in [1.82, 2.24) is 19.9 Å². The van der Waals surface area contributed by atoms with E-state index in [1.165, 1.54) is 33.4 Å². The Balaban J connectivity index is 0.000000144. The summed E-state index contributed by atoms with van der Waals surface area (Å²) in [6.07, 6.45) is 10.5. The fourth-order valence-corrected chi connectivity index (χ4v) is 7.42. The van der Waals surface area contributed by atoms with Crippen molar-refractivity contribution in [3.8, 4) is 56.2 Å². The van der Waals surface area contributed by atoms with Gasteiger partial charge in [0.1, 0.15) is 0 Å². The van der Waals surface area contributed by atoms with Gasteiger partial charge in [-0.1, -0.05) is 84.4 Å². The molecule has 0 unspecified atom stereocenters. The number of pyridine rings is 4. The molecule has 0 bridgehead atoms. The van der Waals surface area contributed by atoms with Crippen LogP contribution >= 0.6 is 11.3 Å². The minimum absolute atomic E-state index is 0. The molecule has 0 amide bonds. The van der Waals surface area contributed by atoms with Crippen molar-refractivity contribution in [2.75, 3.05) is 0 Å². The zero-order chi connectivity index (χ0) is 42.0. The Morgan fingerprint density at radius 1 is 0.391 bits per heavy atom. The third-order valence-electron chi connectivity index (χ3n) is 9.78. The van der Waals surface area contributed by atoms with Crippen molar-refractivity contribution >= 4 is 16.9 Å². The van der Waals surface area contributed by atoms with E-state index in [1.807, 2.05) is 140 Å². The molecule has 2 radical (unpaired) electrons. The number of rotatable bonds is 6. The van der Waals surface area contributed by atoms with Gasteiger partial charge in [-0.2, -0.15) is 11.3 Å². The number of benzene rings is 5. The molecule has 5 aromatic heterocycles. The summed E-state index contributed by atoms with van der Waals surface area (Å²) < 4.78 is 0. The van der Waals surface area contributed by atoms with E-state index in [9.17, 15) is 0 Å². The van der Waals surface area contributed by atoms with Gasteiger partial charge in [0.05, 0.1) is 0 Å². The molecule has 316 valence electrons. The Hall–Kier alpha value is -6.56. The van der Waals surface area contributed by atoms with Crippen LogP contribution in [0.25, 0.3) is 61.7 Å². The normalized spacial score (nSPS) is 10.6. The van der Waals surface area contributed by atoms with Crippen molar-refractivity contribution < 1.29 is 40.2 Å². The third kappa shape index (κ3) is 13.0. The molecule has 1 aliphatic rings. The SMILES string of the molecule is [Ir].[Ir].[c-]1ccc(-c2ccsc2)cc1-c1ccccn1.[c-]1ccc(C2=CCc3ccccc32)cc1-c1ccccn1.[c-]1ccccc1-c1ccccn1.[c-]1ccccc1-c1ccccn1. The first-order valence-corrected chi connectivity index (χ1v) is 21.2. The number of fused-ring (bicyclic) bond motifs is 1. The maximum absolute atomic E-state index is 4.41. The third-order valence-corrected chi connectivity index (χ3v) is 10.5. The van der Waals surface area contributed by atoms with E-state index in [1.54, 1.807) is 29.9 Å². The van der Waals surface area contributed by atoms with Crippen molar-refractivity contribution in [1.29, 1.82) is 0 Å². The quantitative estimate of drug-likeness (QED) is 0.156. The molecule has 5 heterocycles. The fraction of sp³-hybridized carbons (Fsp3) is 0.0175. The molecule has 4 nitrogen and oxygen atoms in total. The van der Waals surface area contributed by atoms with Gasteiger partial charge in [0.15, 0.2) is 0 Å². The van der Waals surface area contributed by atoms with Gasteiger partial charge in [0, 0.05) is 65.0 Å². The first kappa shape index (κ1) is 46.9. The van der Waals surface area contributed by atoms with Crippen molar-refractivity contribution in [2.24, 2.45) is 0 Å². The smallest absolute Gasteiger partial charge is 0.0160 e. The summed E-state index contributed by atoms with van der Waals surface area (Å²) in [5.41, 5.74) is 15.8. The number of allylic oxidation sites excluding steroid dienone is 1. The number of hydrogen-bond acceptors (Lipinski definition) is 5. The minimum Gasteiger partial charge on any atom is -0.305 e. The van der Waals surface area contributed by atoms with Crippen LogP contribution in [-0.2, 0) is 46.6 Å².